The Kier molecular flexibility index (Phi) is 5.27. The van der Waals surface area contributed by atoms with Crippen molar-refractivity contribution in [2.24, 2.45) is 0 Å². The van der Waals surface area contributed by atoms with Gasteiger partial charge in [-0.2, -0.15) is 0 Å². The van der Waals surface area contributed by atoms with E-state index in [9.17, 15) is 9.90 Å². The Hall–Kier alpha value is -3.45. The predicted octanol–water partition coefficient (Wildman–Crippen LogP) is 5.45. The molecule has 0 radical (unpaired) electrons. The molecule has 6 nitrogen and oxygen atoms in total. The van der Waals surface area contributed by atoms with Gasteiger partial charge in [0.1, 0.15) is 0 Å². The smallest absolute Gasteiger partial charge is 0.200 e. The Morgan fingerprint density at radius 3 is 2.38 bits per heavy atom. The second kappa shape index (κ2) is 8.24. The van der Waals surface area contributed by atoms with E-state index in [1.807, 2.05) is 30.3 Å². The van der Waals surface area contributed by atoms with Gasteiger partial charge in [0.05, 0.1) is 31.6 Å². The van der Waals surface area contributed by atoms with Crippen LogP contribution in [0.2, 0.25) is 0 Å². The van der Waals surface area contributed by atoms with E-state index >= 15 is 0 Å². The van der Waals surface area contributed by atoms with Gasteiger partial charge in [-0.1, -0.05) is 18.2 Å². The average Bonchev–Trinajstić information content (AvgIpc) is 3.28. The predicted molar refractivity (Wildman–Crippen MR) is 126 cm³/mol. The molecule has 0 saturated heterocycles. The highest BCUT2D eigenvalue weighted by atomic mass is 32.1. The number of para-hydroxylation sites is 2. The summed E-state index contributed by atoms with van der Waals surface area (Å²) < 4.78 is 10.8. The number of fused-ring (bicyclic) bond motifs is 1. The Morgan fingerprint density at radius 2 is 1.72 bits per heavy atom. The molecule has 2 aromatic carbocycles. The average molecular weight is 449 g/mol. The number of aromatic hydroxyl groups is 1. The van der Waals surface area contributed by atoms with Gasteiger partial charge in [0.15, 0.2) is 17.3 Å². The first-order valence-electron chi connectivity index (χ1n) is 10.5. The van der Waals surface area contributed by atoms with E-state index in [4.69, 9.17) is 9.47 Å². The first-order chi connectivity index (χ1) is 15.6. The van der Waals surface area contributed by atoms with Crippen LogP contribution in [0.25, 0.3) is 0 Å². The van der Waals surface area contributed by atoms with Crippen LogP contribution in [0.3, 0.4) is 0 Å². The van der Waals surface area contributed by atoms with Gasteiger partial charge in [-0.15, -0.1) is 11.3 Å². The number of hydrogen-bond donors (Lipinski definition) is 3. The number of thiophene rings is 1. The number of methoxy groups -OCH3 is 2. The highest BCUT2D eigenvalue weighted by molar-refractivity contribution is 7.10. The zero-order valence-electron chi connectivity index (χ0n) is 17.8. The molecule has 2 heterocycles. The van der Waals surface area contributed by atoms with Crippen molar-refractivity contribution in [1.82, 2.24) is 0 Å². The van der Waals surface area contributed by atoms with Crippen LogP contribution >= 0.6 is 11.3 Å². The van der Waals surface area contributed by atoms with Crippen molar-refractivity contribution in [2.45, 2.75) is 24.8 Å². The highest BCUT2D eigenvalue weighted by Gasteiger charge is 2.37. The molecule has 32 heavy (non-hydrogen) atoms. The summed E-state index contributed by atoms with van der Waals surface area (Å²) in [4.78, 5) is 14.8. The minimum atomic E-state index is -0.415. The number of ether oxygens (including phenoxy) is 2. The number of nitrogens with one attached hydrogen (secondary N) is 2. The van der Waals surface area contributed by atoms with Gasteiger partial charge in [-0.05, 0) is 47.7 Å². The van der Waals surface area contributed by atoms with Crippen molar-refractivity contribution in [3.63, 3.8) is 0 Å². The van der Waals surface area contributed by atoms with Crippen molar-refractivity contribution in [3.8, 4) is 17.2 Å². The lowest BCUT2D eigenvalue weighted by molar-refractivity contribution is -0.116. The summed E-state index contributed by atoms with van der Waals surface area (Å²) in [5.41, 5.74) is 4.25. The Morgan fingerprint density at radius 1 is 1.00 bits per heavy atom. The highest BCUT2D eigenvalue weighted by Crippen LogP contribution is 2.47. The standard InChI is InChI=1S/C25H24N2O4S/c1-30-20-12-15(13-21(31-2)25(20)29)24-23-18(26-16-6-3-4-7-17(16)27-24)10-14(11-19(23)28)22-8-5-9-32-22/h3-9,12-14,24,26-27,29H,10-11H2,1-2H3/t14-,24+/m1/s1. The fraction of sp³-hybridized carbons (Fsp3) is 0.240. The van der Waals surface area contributed by atoms with E-state index in [0.717, 1.165) is 29.1 Å². The second-order valence-electron chi connectivity index (χ2n) is 7.96. The van der Waals surface area contributed by atoms with Gasteiger partial charge in [-0.25, -0.2) is 0 Å². The monoisotopic (exact) mass is 448 g/mol. The lowest BCUT2D eigenvalue weighted by atomic mass is 9.80. The molecule has 1 aliphatic carbocycles. The fourth-order valence-corrected chi connectivity index (χ4v) is 5.38. The topological polar surface area (TPSA) is 79.8 Å². The molecule has 0 saturated carbocycles. The number of hydrogen-bond acceptors (Lipinski definition) is 7. The Balaban J connectivity index is 1.66. The normalized spacial score (nSPS) is 19.9. The molecule has 164 valence electrons. The molecule has 2 aliphatic rings. The Bertz CT molecular complexity index is 1180. The van der Waals surface area contributed by atoms with Crippen molar-refractivity contribution < 1.29 is 19.4 Å². The number of phenolic OH excluding ortho intramolecular Hbond substituents is 1. The van der Waals surface area contributed by atoms with Crippen LogP contribution in [-0.2, 0) is 4.79 Å². The quantitative estimate of drug-likeness (QED) is 0.493. The van der Waals surface area contributed by atoms with E-state index in [1.165, 1.54) is 19.1 Å². The van der Waals surface area contributed by atoms with Crippen molar-refractivity contribution >= 4 is 28.5 Å². The van der Waals surface area contributed by atoms with Gasteiger partial charge in [0, 0.05) is 28.5 Å². The Labute approximate surface area is 190 Å². The van der Waals surface area contributed by atoms with E-state index in [1.54, 1.807) is 23.5 Å². The number of phenols is 1. The minimum Gasteiger partial charge on any atom is -0.502 e. The summed E-state index contributed by atoms with van der Waals surface area (Å²) in [6, 6.07) is 15.2. The zero-order chi connectivity index (χ0) is 22.2. The summed E-state index contributed by atoms with van der Waals surface area (Å²) in [6.07, 6.45) is 1.21. The molecule has 7 heteroatoms. The summed E-state index contributed by atoms with van der Waals surface area (Å²) in [5.74, 6) is 0.798. The van der Waals surface area contributed by atoms with Gasteiger partial charge < -0.3 is 25.2 Å². The van der Waals surface area contributed by atoms with E-state index < -0.39 is 6.04 Å². The fourth-order valence-electron chi connectivity index (χ4n) is 4.55. The van der Waals surface area contributed by atoms with Crippen LogP contribution < -0.4 is 20.1 Å². The third kappa shape index (κ3) is 3.48. The molecule has 1 aliphatic heterocycles. The van der Waals surface area contributed by atoms with E-state index in [2.05, 4.69) is 22.1 Å². The van der Waals surface area contributed by atoms with Crippen LogP contribution in [0.4, 0.5) is 11.4 Å². The van der Waals surface area contributed by atoms with Gasteiger partial charge in [0.2, 0.25) is 5.75 Å². The van der Waals surface area contributed by atoms with Gasteiger partial charge in [0.25, 0.3) is 0 Å². The molecular formula is C25H24N2O4S. The third-order valence-corrected chi connectivity index (χ3v) is 7.12. The molecule has 3 aromatic rings. The molecule has 0 bridgehead atoms. The number of carbonyl (C=O) groups excluding carboxylic acids is 1. The minimum absolute atomic E-state index is 0.0622. The molecule has 5 rings (SSSR count). The van der Waals surface area contributed by atoms with Crippen LogP contribution in [0, 0.1) is 0 Å². The number of anilines is 2. The molecule has 0 amide bonds. The maximum absolute atomic E-state index is 13.6. The summed E-state index contributed by atoms with van der Waals surface area (Å²) in [7, 11) is 3.00. The third-order valence-electron chi connectivity index (χ3n) is 6.09. The lowest BCUT2D eigenvalue weighted by Crippen LogP contribution is -2.26. The number of allylic oxidation sites excluding steroid dienone is 1. The maximum Gasteiger partial charge on any atom is 0.200 e. The molecule has 0 spiro atoms. The van der Waals surface area contributed by atoms with Crippen LogP contribution in [0.1, 0.15) is 35.2 Å². The molecule has 0 fully saturated rings. The lowest BCUT2D eigenvalue weighted by Gasteiger charge is -2.29. The molecule has 0 unspecified atom stereocenters. The first kappa shape index (κ1) is 20.5. The van der Waals surface area contributed by atoms with Crippen molar-refractivity contribution in [2.75, 3.05) is 24.9 Å². The number of ketones is 1. The molecule has 2 atom stereocenters. The zero-order valence-corrected chi connectivity index (χ0v) is 18.7. The maximum atomic E-state index is 13.6. The summed E-state index contributed by atoms with van der Waals surface area (Å²) >= 11 is 1.69. The first-order valence-corrected chi connectivity index (χ1v) is 11.3. The second-order valence-corrected chi connectivity index (χ2v) is 8.94. The summed E-state index contributed by atoms with van der Waals surface area (Å²) in [6.45, 7) is 0. The molecule has 1 aromatic heterocycles. The van der Waals surface area contributed by atoms with Gasteiger partial charge >= 0.3 is 0 Å². The largest absolute Gasteiger partial charge is 0.502 e. The van der Waals surface area contributed by atoms with E-state index in [-0.39, 0.29) is 17.5 Å². The molecular weight excluding hydrogens is 424 g/mol. The summed E-state index contributed by atoms with van der Waals surface area (Å²) in [5, 5.41) is 19.5. The van der Waals surface area contributed by atoms with Crippen LogP contribution in [0.5, 0.6) is 17.2 Å². The SMILES string of the molecule is COc1cc([C@@H]2Nc3ccccc3NC3=C2C(=O)C[C@H](c2cccs2)C3)cc(OC)c1O. The van der Waals surface area contributed by atoms with Gasteiger partial charge in [-0.3, -0.25) is 4.79 Å². The number of benzene rings is 2. The van der Waals surface area contributed by atoms with Crippen LogP contribution in [-0.4, -0.2) is 25.1 Å². The van der Waals surface area contributed by atoms with E-state index in [0.29, 0.717) is 23.5 Å². The molecule has 3 N–H and O–H groups in total. The van der Waals surface area contributed by atoms with Crippen molar-refractivity contribution in [3.05, 3.63) is 75.6 Å². The van der Waals surface area contributed by atoms with Crippen LogP contribution in [0.15, 0.2) is 65.2 Å². The van der Waals surface area contributed by atoms with Crippen molar-refractivity contribution in [1.29, 1.82) is 0 Å². The number of rotatable bonds is 4. The number of carbonyl (C=O) groups is 1. The number of Topliss-reactive ketones (excluding diaryl/α,β-unsaturated/α-hetero) is 1.